The molecule has 1 aliphatic heterocycles. The van der Waals surface area contributed by atoms with Crippen molar-refractivity contribution in [2.75, 3.05) is 25.0 Å². The summed E-state index contributed by atoms with van der Waals surface area (Å²) in [6.45, 7) is 5.97. The van der Waals surface area contributed by atoms with E-state index in [0.29, 0.717) is 55.2 Å². The predicted octanol–water partition coefficient (Wildman–Crippen LogP) is 3.56. The molecule has 0 spiro atoms. The lowest BCUT2D eigenvalue weighted by atomic mass is 9.95. The van der Waals surface area contributed by atoms with Crippen molar-refractivity contribution in [3.63, 3.8) is 0 Å². The second-order valence-corrected chi connectivity index (χ2v) is 8.10. The SMILES string of the molecule is CC(C)CNC(=O)C1CCN(C(=O)c2ccc(NC(=O)c3ccccc3)cc2)CC1. The molecule has 1 saturated heterocycles. The molecule has 158 valence electrons. The maximum atomic E-state index is 12.8. The van der Waals surface area contributed by atoms with E-state index >= 15 is 0 Å². The number of carbonyl (C=O) groups is 3. The molecule has 1 fully saturated rings. The quantitative estimate of drug-likeness (QED) is 0.768. The largest absolute Gasteiger partial charge is 0.356 e. The van der Waals surface area contributed by atoms with E-state index in [2.05, 4.69) is 24.5 Å². The van der Waals surface area contributed by atoms with E-state index in [-0.39, 0.29) is 23.6 Å². The third-order valence-corrected chi connectivity index (χ3v) is 5.26. The zero-order valence-electron chi connectivity index (χ0n) is 17.6. The molecule has 3 amide bonds. The van der Waals surface area contributed by atoms with Crippen LogP contribution in [0, 0.1) is 11.8 Å². The van der Waals surface area contributed by atoms with Gasteiger partial charge in [0.25, 0.3) is 11.8 Å². The molecule has 0 aliphatic carbocycles. The molecule has 1 heterocycles. The minimum Gasteiger partial charge on any atom is -0.356 e. The van der Waals surface area contributed by atoms with Gasteiger partial charge in [0.1, 0.15) is 0 Å². The Kier molecular flexibility index (Phi) is 7.22. The molecule has 3 rings (SSSR count). The smallest absolute Gasteiger partial charge is 0.255 e. The van der Waals surface area contributed by atoms with Gasteiger partial charge in [0.2, 0.25) is 5.91 Å². The van der Waals surface area contributed by atoms with Crippen molar-refractivity contribution in [1.29, 1.82) is 0 Å². The van der Waals surface area contributed by atoms with Crippen molar-refractivity contribution < 1.29 is 14.4 Å². The van der Waals surface area contributed by atoms with Crippen LogP contribution in [-0.2, 0) is 4.79 Å². The van der Waals surface area contributed by atoms with Crippen LogP contribution in [0.2, 0.25) is 0 Å². The van der Waals surface area contributed by atoms with Crippen LogP contribution >= 0.6 is 0 Å². The molecule has 2 aromatic carbocycles. The third-order valence-electron chi connectivity index (χ3n) is 5.26. The van der Waals surface area contributed by atoms with Gasteiger partial charge in [0.15, 0.2) is 0 Å². The van der Waals surface area contributed by atoms with E-state index in [9.17, 15) is 14.4 Å². The molecule has 0 saturated carbocycles. The molecular formula is C24H29N3O3. The Morgan fingerprint density at radius 1 is 0.933 bits per heavy atom. The molecular weight excluding hydrogens is 378 g/mol. The van der Waals surface area contributed by atoms with Gasteiger partial charge < -0.3 is 15.5 Å². The van der Waals surface area contributed by atoms with Crippen molar-refractivity contribution in [3.05, 3.63) is 65.7 Å². The number of hydrogen-bond donors (Lipinski definition) is 2. The summed E-state index contributed by atoms with van der Waals surface area (Å²) in [6, 6.07) is 15.9. The highest BCUT2D eigenvalue weighted by atomic mass is 16.2. The summed E-state index contributed by atoms with van der Waals surface area (Å²) in [6.07, 6.45) is 1.36. The second kappa shape index (κ2) is 10.1. The van der Waals surface area contributed by atoms with Gasteiger partial charge in [-0.3, -0.25) is 14.4 Å². The molecule has 0 aromatic heterocycles. The Morgan fingerprint density at radius 2 is 1.57 bits per heavy atom. The lowest BCUT2D eigenvalue weighted by Gasteiger charge is -2.31. The van der Waals surface area contributed by atoms with Crippen LogP contribution in [0.5, 0.6) is 0 Å². The van der Waals surface area contributed by atoms with Crippen LogP contribution in [-0.4, -0.2) is 42.3 Å². The summed E-state index contributed by atoms with van der Waals surface area (Å²) in [5.74, 6) is 0.262. The molecule has 0 radical (unpaired) electrons. The average molecular weight is 408 g/mol. The number of carbonyl (C=O) groups excluding carboxylic acids is 3. The monoisotopic (exact) mass is 407 g/mol. The van der Waals surface area contributed by atoms with E-state index in [0.717, 1.165) is 0 Å². The van der Waals surface area contributed by atoms with Crippen molar-refractivity contribution in [3.8, 4) is 0 Å². The fourth-order valence-electron chi connectivity index (χ4n) is 3.47. The first-order chi connectivity index (χ1) is 14.4. The summed E-state index contributed by atoms with van der Waals surface area (Å²) >= 11 is 0. The maximum absolute atomic E-state index is 12.8. The number of amides is 3. The summed E-state index contributed by atoms with van der Waals surface area (Å²) in [7, 11) is 0. The van der Waals surface area contributed by atoms with Crippen molar-refractivity contribution in [2.24, 2.45) is 11.8 Å². The molecule has 0 unspecified atom stereocenters. The van der Waals surface area contributed by atoms with Crippen LogP contribution in [0.15, 0.2) is 54.6 Å². The van der Waals surface area contributed by atoms with Gasteiger partial charge in [-0.2, -0.15) is 0 Å². The molecule has 0 bridgehead atoms. The minimum atomic E-state index is -0.188. The van der Waals surface area contributed by atoms with Crippen molar-refractivity contribution in [2.45, 2.75) is 26.7 Å². The number of rotatable bonds is 6. The van der Waals surface area contributed by atoms with Crippen molar-refractivity contribution in [1.82, 2.24) is 10.2 Å². The number of nitrogens with zero attached hydrogens (tertiary/aromatic N) is 1. The Hall–Kier alpha value is -3.15. The normalized spacial score (nSPS) is 14.4. The number of hydrogen-bond acceptors (Lipinski definition) is 3. The molecule has 30 heavy (non-hydrogen) atoms. The van der Waals surface area contributed by atoms with E-state index in [1.54, 1.807) is 41.3 Å². The van der Waals surface area contributed by atoms with Gasteiger partial charge >= 0.3 is 0 Å². The summed E-state index contributed by atoms with van der Waals surface area (Å²) in [5, 5.41) is 5.82. The minimum absolute atomic E-state index is 0.0247. The summed E-state index contributed by atoms with van der Waals surface area (Å²) < 4.78 is 0. The number of anilines is 1. The summed E-state index contributed by atoms with van der Waals surface area (Å²) in [4.78, 5) is 39.0. The van der Waals surface area contributed by atoms with Gasteiger partial charge in [-0.25, -0.2) is 0 Å². The lowest BCUT2D eigenvalue weighted by Crippen LogP contribution is -2.43. The van der Waals surface area contributed by atoms with Crippen molar-refractivity contribution >= 4 is 23.4 Å². The number of benzene rings is 2. The van der Waals surface area contributed by atoms with E-state index < -0.39 is 0 Å². The van der Waals surface area contributed by atoms with E-state index in [4.69, 9.17) is 0 Å². The predicted molar refractivity (Wildman–Crippen MR) is 117 cm³/mol. The maximum Gasteiger partial charge on any atom is 0.255 e. The van der Waals surface area contributed by atoms with Gasteiger partial charge in [-0.15, -0.1) is 0 Å². The topological polar surface area (TPSA) is 78.5 Å². The number of likely N-dealkylation sites (tertiary alicyclic amines) is 1. The molecule has 2 aromatic rings. The highest BCUT2D eigenvalue weighted by Crippen LogP contribution is 2.20. The Morgan fingerprint density at radius 3 is 2.17 bits per heavy atom. The summed E-state index contributed by atoms with van der Waals surface area (Å²) in [5.41, 5.74) is 1.80. The molecule has 0 atom stereocenters. The van der Waals surface area contributed by atoms with E-state index in [1.807, 2.05) is 18.2 Å². The number of nitrogens with one attached hydrogen (secondary N) is 2. The van der Waals surface area contributed by atoms with E-state index in [1.165, 1.54) is 0 Å². The molecule has 2 N–H and O–H groups in total. The van der Waals surface area contributed by atoms with Crippen LogP contribution < -0.4 is 10.6 Å². The number of piperidine rings is 1. The molecule has 6 nitrogen and oxygen atoms in total. The highest BCUT2D eigenvalue weighted by Gasteiger charge is 2.27. The Bertz CT molecular complexity index is 870. The second-order valence-electron chi connectivity index (χ2n) is 8.10. The van der Waals surface area contributed by atoms with Gasteiger partial charge in [-0.1, -0.05) is 32.0 Å². The van der Waals surface area contributed by atoms with Gasteiger partial charge in [0.05, 0.1) is 0 Å². The molecule has 6 heteroatoms. The highest BCUT2D eigenvalue weighted by molar-refractivity contribution is 6.04. The first-order valence-electron chi connectivity index (χ1n) is 10.5. The lowest BCUT2D eigenvalue weighted by molar-refractivity contribution is -0.126. The van der Waals surface area contributed by atoms with Gasteiger partial charge in [-0.05, 0) is 55.2 Å². The standard InChI is InChI=1S/C24H29N3O3/c1-17(2)16-25-22(28)19-12-14-27(15-13-19)24(30)20-8-10-21(11-9-20)26-23(29)18-6-4-3-5-7-18/h3-11,17,19H,12-16H2,1-2H3,(H,25,28)(H,26,29). The van der Waals surface area contributed by atoms with Gasteiger partial charge in [0, 0.05) is 42.4 Å². The fourth-order valence-corrected chi connectivity index (χ4v) is 3.47. The fraction of sp³-hybridized carbons (Fsp3) is 0.375. The first kappa shape index (κ1) is 21.6. The van der Waals surface area contributed by atoms with Crippen LogP contribution in [0.1, 0.15) is 47.4 Å². The van der Waals surface area contributed by atoms with Crippen LogP contribution in [0.3, 0.4) is 0 Å². The zero-order chi connectivity index (χ0) is 21.5. The van der Waals surface area contributed by atoms with Crippen LogP contribution in [0.25, 0.3) is 0 Å². The first-order valence-corrected chi connectivity index (χ1v) is 10.5. The molecule has 1 aliphatic rings. The third kappa shape index (κ3) is 5.69. The Labute approximate surface area is 177 Å². The van der Waals surface area contributed by atoms with Crippen LogP contribution in [0.4, 0.5) is 5.69 Å². The average Bonchev–Trinajstić information content (AvgIpc) is 2.78. The Balaban J connectivity index is 1.51. The zero-order valence-corrected chi connectivity index (χ0v) is 17.6.